The molecule has 20 heavy (non-hydrogen) atoms. The van der Waals surface area contributed by atoms with Gasteiger partial charge in [0.05, 0.1) is 22.8 Å². The van der Waals surface area contributed by atoms with Gasteiger partial charge in [0.2, 0.25) is 0 Å². The van der Waals surface area contributed by atoms with Crippen LogP contribution in [-0.2, 0) is 11.2 Å². The summed E-state index contributed by atoms with van der Waals surface area (Å²) in [5.74, 6) is -1.27. The largest absolute Gasteiger partial charge is 0.478 e. The van der Waals surface area contributed by atoms with Crippen LogP contribution in [0.1, 0.15) is 29.8 Å². The zero-order chi connectivity index (χ0) is 15.3. The molecule has 0 spiro atoms. The lowest BCUT2D eigenvalue weighted by atomic mass is 10.0. The van der Waals surface area contributed by atoms with Crippen molar-refractivity contribution in [2.75, 3.05) is 11.9 Å². The Bertz CT molecular complexity index is 555. The van der Waals surface area contributed by atoms with Gasteiger partial charge in [-0.1, -0.05) is 6.92 Å². The number of hydrogen-bond acceptors (Lipinski definition) is 5. The molecule has 0 heterocycles. The third kappa shape index (κ3) is 3.44. The standard InChI is InChI=1S/C12H14N2O6/c1-3-7-5-8(14(18)19)6-9(10(7)11(15)16)13-12(17)20-4-2/h5-6H,3-4H2,1-2H3,(H,13,17)(H,15,16). The molecule has 0 bridgehead atoms. The highest BCUT2D eigenvalue weighted by atomic mass is 16.6. The van der Waals surface area contributed by atoms with Gasteiger partial charge in [0.1, 0.15) is 0 Å². The fourth-order valence-electron chi connectivity index (χ4n) is 1.70. The number of rotatable bonds is 5. The van der Waals surface area contributed by atoms with Gasteiger partial charge >= 0.3 is 12.1 Å². The van der Waals surface area contributed by atoms with E-state index in [9.17, 15) is 24.8 Å². The van der Waals surface area contributed by atoms with Crippen LogP contribution in [-0.4, -0.2) is 28.7 Å². The fourth-order valence-corrected chi connectivity index (χ4v) is 1.70. The molecular weight excluding hydrogens is 268 g/mol. The van der Waals surface area contributed by atoms with E-state index in [-0.39, 0.29) is 35.5 Å². The zero-order valence-corrected chi connectivity index (χ0v) is 11.0. The molecule has 0 radical (unpaired) electrons. The molecule has 108 valence electrons. The lowest BCUT2D eigenvalue weighted by Crippen LogP contribution is -2.17. The minimum atomic E-state index is -1.27. The van der Waals surface area contributed by atoms with Crippen LogP contribution >= 0.6 is 0 Å². The van der Waals surface area contributed by atoms with Crippen molar-refractivity contribution >= 4 is 23.4 Å². The molecular formula is C12H14N2O6. The number of non-ortho nitro benzene ring substituents is 1. The number of aromatic carboxylic acids is 1. The van der Waals surface area contributed by atoms with Crippen molar-refractivity contribution < 1.29 is 24.4 Å². The average Bonchev–Trinajstić information content (AvgIpc) is 2.37. The Morgan fingerprint density at radius 1 is 1.40 bits per heavy atom. The normalized spacial score (nSPS) is 9.90. The van der Waals surface area contributed by atoms with Crippen molar-refractivity contribution in [3.05, 3.63) is 33.4 Å². The number of ether oxygens (including phenoxy) is 1. The molecule has 8 nitrogen and oxygen atoms in total. The van der Waals surface area contributed by atoms with Crippen LogP contribution < -0.4 is 5.32 Å². The van der Waals surface area contributed by atoms with Gasteiger partial charge in [-0.3, -0.25) is 15.4 Å². The highest BCUT2D eigenvalue weighted by Crippen LogP contribution is 2.27. The molecule has 0 saturated carbocycles. The first kappa shape index (κ1) is 15.4. The van der Waals surface area contributed by atoms with Crippen molar-refractivity contribution in [1.82, 2.24) is 0 Å². The SMILES string of the molecule is CCOC(=O)Nc1cc([N+](=O)[O-])cc(CC)c1C(=O)O. The molecule has 1 rings (SSSR count). The maximum absolute atomic E-state index is 11.4. The van der Waals surface area contributed by atoms with E-state index in [0.717, 1.165) is 6.07 Å². The summed E-state index contributed by atoms with van der Waals surface area (Å²) < 4.78 is 4.64. The first-order chi connectivity index (χ1) is 9.40. The monoisotopic (exact) mass is 282 g/mol. The molecule has 0 aliphatic rings. The number of benzene rings is 1. The predicted molar refractivity (Wildman–Crippen MR) is 70.1 cm³/mol. The lowest BCUT2D eigenvalue weighted by molar-refractivity contribution is -0.384. The van der Waals surface area contributed by atoms with Crippen LogP contribution in [0, 0.1) is 10.1 Å². The summed E-state index contributed by atoms with van der Waals surface area (Å²) in [6.07, 6.45) is -0.585. The Morgan fingerprint density at radius 2 is 2.05 bits per heavy atom. The molecule has 0 saturated heterocycles. The van der Waals surface area contributed by atoms with Gasteiger partial charge in [-0.15, -0.1) is 0 Å². The van der Waals surface area contributed by atoms with Crippen LogP contribution in [0.4, 0.5) is 16.2 Å². The van der Waals surface area contributed by atoms with E-state index >= 15 is 0 Å². The van der Waals surface area contributed by atoms with Gasteiger partial charge in [0.15, 0.2) is 0 Å². The van der Waals surface area contributed by atoms with Gasteiger partial charge in [-0.05, 0) is 18.9 Å². The maximum atomic E-state index is 11.4. The Kier molecular flexibility index (Phi) is 5.01. The molecule has 8 heteroatoms. The number of nitrogens with zero attached hydrogens (tertiary/aromatic N) is 1. The van der Waals surface area contributed by atoms with Gasteiger partial charge in [0.25, 0.3) is 5.69 Å². The molecule has 0 aromatic heterocycles. The number of aryl methyl sites for hydroxylation is 1. The first-order valence-electron chi connectivity index (χ1n) is 5.89. The van der Waals surface area contributed by atoms with Crippen molar-refractivity contribution in [1.29, 1.82) is 0 Å². The number of carbonyl (C=O) groups excluding carboxylic acids is 1. The number of hydrogen-bond donors (Lipinski definition) is 2. The molecule has 0 unspecified atom stereocenters. The van der Waals surface area contributed by atoms with Crippen molar-refractivity contribution in [2.45, 2.75) is 20.3 Å². The summed E-state index contributed by atoms with van der Waals surface area (Å²) >= 11 is 0. The number of carboxylic acid groups (broad SMARTS) is 1. The van der Waals surface area contributed by atoms with Crippen LogP contribution in [0.2, 0.25) is 0 Å². The van der Waals surface area contributed by atoms with E-state index in [1.807, 2.05) is 0 Å². The van der Waals surface area contributed by atoms with Crippen LogP contribution in [0.15, 0.2) is 12.1 Å². The Balaban J connectivity index is 3.36. The minimum absolute atomic E-state index is 0.101. The van der Waals surface area contributed by atoms with Crippen LogP contribution in [0.3, 0.4) is 0 Å². The lowest BCUT2D eigenvalue weighted by Gasteiger charge is -2.11. The highest BCUT2D eigenvalue weighted by Gasteiger charge is 2.22. The van der Waals surface area contributed by atoms with Gasteiger partial charge in [-0.25, -0.2) is 9.59 Å². The Morgan fingerprint density at radius 3 is 2.50 bits per heavy atom. The van der Waals surface area contributed by atoms with Gasteiger partial charge in [0, 0.05) is 12.1 Å². The second-order valence-corrected chi connectivity index (χ2v) is 3.79. The minimum Gasteiger partial charge on any atom is -0.478 e. The summed E-state index contributed by atoms with van der Waals surface area (Å²) in [5.41, 5.74) is -0.356. The number of nitrogens with one attached hydrogen (secondary N) is 1. The summed E-state index contributed by atoms with van der Waals surface area (Å²) in [7, 11) is 0. The number of amides is 1. The average molecular weight is 282 g/mol. The molecule has 1 aromatic rings. The van der Waals surface area contributed by atoms with Crippen LogP contribution in [0.5, 0.6) is 0 Å². The van der Waals surface area contributed by atoms with Gasteiger partial charge in [-0.2, -0.15) is 0 Å². The number of anilines is 1. The van der Waals surface area contributed by atoms with E-state index in [4.69, 9.17) is 0 Å². The summed E-state index contributed by atoms with van der Waals surface area (Å²) in [6, 6.07) is 2.18. The van der Waals surface area contributed by atoms with Crippen molar-refractivity contribution in [3.8, 4) is 0 Å². The van der Waals surface area contributed by atoms with Crippen LogP contribution in [0.25, 0.3) is 0 Å². The first-order valence-corrected chi connectivity index (χ1v) is 5.89. The Labute approximate surface area is 114 Å². The number of carboxylic acids is 1. The molecule has 2 N–H and O–H groups in total. The molecule has 0 aliphatic heterocycles. The topological polar surface area (TPSA) is 119 Å². The van der Waals surface area contributed by atoms with Crippen molar-refractivity contribution in [2.24, 2.45) is 0 Å². The maximum Gasteiger partial charge on any atom is 0.411 e. The van der Waals surface area contributed by atoms with Gasteiger partial charge < -0.3 is 9.84 Å². The van der Waals surface area contributed by atoms with E-state index in [1.54, 1.807) is 13.8 Å². The quantitative estimate of drug-likeness (QED) is 0.632. The van der Waals surface area contributed by atoms with E-state index in [0.29, 0.717) is 0 Å². The number of carbonyl (C=O) groups is 2. The van der Waals surface area contributed by atoms with Crippen molar-refractivity contribution in [3.63, 3.8) is 0 Å². The third-order valence-electron chi connectivity index (χ3n) is 2.52. The zero-order valence-electron chi connectivity index (χ0n) is 11.0. The Hall–Kier alpha value is -2.64. The molecule has 0 atom stereocenters. The smallest absolute Gasteiger partial charge is 0.411 e. The molecule has 0 fully saturated rings. The van der Waals surface area contributed by atoms with E-state index in [2.05, 4.69) is 10.1 Å². The number of nitro benzene ring substituents is 1. The van der Waals surface area contributed by atoms with E-state index in [1.165, 1.54) is 6.07 Å². The number of nitro groups is 1. The summed E-state index contributed by atoms with van der Waals surface area (Å²) in [4.78, 5) is 32.8. The predicted octanol–water partition coefficient (Wildman–Crippen LogP) is 2.42. The third-order valence-corrected chi connectivity index (χ3v) is 2.52. The van der Waals surface area contributed by atoms with E-state index < -0.39 is 17.0 Å². The fraction of sp³-hybridized carbons (Fsp3) is 0.333. The summed E-state index contributed by atoms with van der Waals surface area (Å²) in [5, 5.41) is 22.2. The molecule has 1 aromatic carbocycles. The molecule has 0 aliphatic carbocycles. The second-order valence-electron chi connectivity index (χ2n) is 3.79. The highest BCUT2D eigenvalue weighted by molar-refractivity contribution is 6.00. The summed E-state index contributed by atoms with van der Waals surface area (Å²) in [6.45, 7) is 3.35. The second kappa shape index (κ2) is 6.50. The molecule has 1 amide bonds.